The quantitative estimate of drug-likeness (QED) is 0.648. The number of carbonyl (C=O) groups is 1. The van der Waals surface area contributed by atoms with E-state index in [1.807, 2.05) is 29.0 Å². The van der Waals surface area contributed by atoms with Crippen LogP contribution in [-0.4, -0.2) is 26.4 Å². The van der Waals surface area contributed by atoms with E-state index in [1.54, 1.807) is 12.5 Å². The fourth-order valence-corrected chi connectivity index (χ4v) is 5.39. The van der Waals surface area contributed by atoms with E-state index in [9.17, 15) is 13.2 Å². The van der Waals surface area contributed by atoms with E-state index < -0.39 is 15.9 Å². The zero-order valence-corrected chi connectivity index (χ0v) is 16.6. The van der Waals surface area contributed by atoms with Gasteiger partial charge in [0, 0.05) is 10.9 Å². The Morgan fingerprint density at radius 3 is 2.58 bits per heavy atom. The predicted octanol–water partition coefficient (Wildman–Crippen LogP) is 3.58. The van der Waals surface area contributed by atoms with Crippen LogP contribution in [0.1, 0.15) is 5.69 Å². The molecule has 0 spiro atoms. The number of halogens is 1. The smallest absolute Gasteiger partial charge is 0.273 e. The summed E-state index contributed by atoms with van der Waals surface area (Å²) in [6.07, 6.45) is -0.134. The molecule has 2 aromatic heterocycles. The number of sulfonamides is 1. The Morgan fingerprint density at radius 1 is 1.23 bits per heavy atom. The largest absolute Gasteiger partial charge is 0.497 e. The SMILES string of the molecule is COc1ccc(-c2nc(CC(=O)NS(=O)(=O)c3ccc(Cl)s3)cs2)cc1. The van der Waals surface area contributed by atoms with Crippen LogP contribution in [0.2, 0.25) is 4.34 Å². The van der Waals surface area contributed by atoms with Crippen LogP contribution in [0.25, 0.3) is 10.6 Å². The summed E-state index contributed by atoms with van der Waals surface area (Å²) in [5, 5.41) is 2.47. The van der Waals surface area contributed by atoms with Gasteiger partial charge in [-0.2, -0.15) is 0 Å². The van der Waals surface area contributed by atoms with Crippen molar-refractivity contribution in [1.29, 1.82) is 0 Å². The zero-order chi connectivity index (χ0) is 18.7. The molecular weight excluding hydrogens is 416 g/mol. The van der Waals surface area contributed by atoms with Crippen LogP contribution in [0.3, 0.4) is 0 Å². The summed E-state index contributed by atoms with van der Waals surface area (Å²) in [7, 11) is -2.32. The topological polar surface area (TPSA) is 85.4 Å². The first-order valence-electron chi connectivity index (χ1n) is 7.27. The van der Waals surface area contributed by atoms with Crippen molar-refractivity contribution in [3.8, 4) is 16.3 Å². The Morgan fingerprint density at radius 2 is 1.96 bits per heavy atom. The van der Waals surface area contributed by atoms with Crippen LogP contribution < -0.4 is 9.46 Å². The van der Waals surface area contributed by atoms with Gasteiger partial charge in [0.05, 0.1) is 23.6 Å². The van der Waals surface area contributed by atoms with Crippen molar-refractivity contribution < 1.29 is 17.9 Å². The predicted molar refractivity (Wildman–Crippen MR) is 102 cm³/mol. The number of thiazole rings is 1. The molecule has 0 aliphatic rings. The average molecular weight is 429 g/mol. The molecule has 0 atom stereocenters. The molecule has 2 heterocycles. The molecule has 1 aromatic carbocycles. The molecule has 3 aromatic rings. The molecular formula is C16H13ClN2O4S3. The highest BCUT2D eigenvalue weighted by Crippen LogP contribution is 2.27. The second kappa shape index (κ2) is 7.75. The van der Waals surface area contributed by atoms with Gasteiger partial charge in [-0.1, -0.05) is 11.6 Å². The van der Waals surface area contributed by atoms with Crippen LogP contribution in [0.15, 0.2) is 46.0 Å². The summed E-state index contributed by atoms with van der Waals surface area (Å²) in [4.78, 5) is 16.5. The Bertz CT molecular complexity index is 1030. The first-order chi connectivity index (χ1) is 12.4. The zero-order valence-electron chi connectivity index (χ0n) is 13.4. The minimum Gasteiger partial charge on any atom is -0.497 e. The minimum atomic E-state index is -3.92. The van der Waals surface area contributed by atoms with Gasteiger partial charge < -0.3 is 4.74 Å². The third-order valence-electron chi connectivity index (χ3n) is 3.29. The number of aromatic nitrogens is 1. The summed E-state index contributed by atoms with van der Waals surface area (Å²) < 4.78 is 31.7. The third-order valence-corrected chi connectivity index (χ3v) is 7.33. The van der Waals surface area contributed by atoms with Gasteiger partial charge in [-0.25, -0.2) is 18.1 Å². The van der Waals surface area contributed by atoms with Crippen molar-refractivity contribution in [2.45, 2.75) is 10.6 Å². The monoisotopic (exact) mass is 428 g/mol. The lowest BCUT2D eigenvalue weighted by molar-refractivity contribution is -0.118. The molecule has 10 heteroatoms. The van der Waals surface area contributed by atoms with Crippen LogP contribution in [0, 0.1) is 0 Å². The lowest BCUT2D eigenvalue weighted by atomic mass is 10.2. The molecule has 0 unspecified atom stereocenters. The molecule has 0 fully saturated rings. The molecule has 26 heavy (non-hydrogen) atoms. The van der Waals surface area contributed by atoms with E-state index in [2.05, 4.69) is 4.98 Å². The Balaban J connectivity index is 1.67. The second-order valence-corrected chi connectivity index (χ2v) is 9.62. The van der Waals surface area contributed by atoms with Crippen molar-refractivity contribution >= 4 is 50.2 Å². The molecule has 0 bridgehead atoms. The molecule has 1 amide bonds. The maximum atomic E-state index is 12.1. The van der Waals surface area contributed by atoms with Crippen molar-refractivity contribution in [3.63, 3.8) is 0 Å². The van der Waals surface area contributed by atoms with Crippen molar-refractivity contribution in [3.05, 3.63) is 51.8 Å². The number of benzene rings is 1. The number of carbonyl (C=O) groups excluding carboxylic acids is 1. The normalized spacial score (nSPS) is 11.3. The Kier molecular flexibility index (Phi) is 5.61. The summed E-state index contributed by atoms with van der Waals surface area (Å²) in [5.41, 5.74) is 1.39. The lowest BCUT2D eigenvalue weighted by Gasteiger charge is -2.03. The van der Waals surface area contributed by atoms with Crippen molar-refractivity contribution in [2.24, 2.45) is 0 Å². The summed E-state index contributed by atoms with van der Waals surface area (Å²) >= 11 is 8.00. The van der Waals surface area contributed by atoms with Crippen LogP contribution in [0.5, 0.6) is 5.75 Å². The standard InChI is InChI=1S/C16H13ClN2O4S3/c1-23-12-4-2-10(3-5-12)16-18-11(9-24-16)8-14(20)19-26(21,22)15-7-6-13(17)25-15/h2-7,9H,8H2,1H3,(H,19,20). The maximum Gasteiger partial charge on any atom is 0.273 e. The minimum absolute atomic E-state index is 0.00644. The second-order valence-electron chi connectivity index (χ2n) is 5.14. The summed E-state index contributed by atoms with van der Waals surface area (Å²) in [5.74, 6) is 0.0879. The van der Waals surface area contributed by atoms with Gasteiger partial charge in [-0.15, -0.1) is 22.7 Å². The third kappa shape index (κ3) is 4.42. The highest BCUT2D eigenvalue weighted by molar-refractivity contribution is 7.92. The molecule has 0 radical (unpaired) electrons. The molecule has 136 valence electrons. The van der Waals surface area contributed by atoms with Gasteiger partial charge in [-0.05, 0) is 36.4 Å². The van der Waals surface area contributed by atoms with Gasteiger partial charge in [0.15, 0.2) is 0 Å². The number of nitrogens with zero attached hydrogens (tertiary/aromatic N) is 1. The van der Waals surface area contributed by atoms with E-state index in [0.29, 0.717) is 10.0 Å². The van der Waals surface area contributed by atoms with E-state index in [-0.39, 0.29) is 10.6 Å². The number of rotatable bonds is 6. The van der Waals surface area contributed by atoms with Gasteiger partial charge in [0.25, 0.3) is 10.0 Å². The highest BCUT2D eigenvalue weighted by atomic mass is 35.5. The number of hydrogen-bond acceptors (Lipinski definition) is 7. The number of nitrogens with one attached hydrogen (secondary N) is 1. The number of hydrogen-bond donors (Lipinski definition) is 1. The number of amides is 1. The van der Waals surface area contributed by atoms with Crippen LogP contribution in [0.4, 0.5) is 0 Å². The van der Waals surface area contributed by atoms with Gasteiger partial charge in [-0.3, -0.25) is 4.79 Å². The fourth-order valence-electron chi connectivity index (χ4n) is 2.10. The first-order valence-corrected chi connectivity index (χ1v) is 10.8. The van der Waals surface area contributed by atoms with E-state index >= 15 is 0 Å². The first kappa shape index (κ1) is 18.8. The van der Waals surface area contributed by atoms with Crippen LogP contribution in [-0.2, 0) is 21.2 Å². The Labute approximate surface area is 163 Å². The molecule has 1 N–H and O–H groups in total. The Hall–Kier alpha value is -1.94. The van der Waals surface area contributed by atoms with Crippen molar-refractivity contribution in [1.82, 2.24) is 9.71 Å². The van der Waals surface area contributed by atoms with Gasteiger partial charge in [0.1, 0.15) is 15.0 Å². The molecule has 0 aliphatic carbocycles. The van der Waals surface area contributed by atoms with Crippen LogP contribution >= 0.6 is 34.3 Å². The number of thiophene rings is 1. The van der Waals surface area contributed by atoms with E-state index in [0.717, 1.165) is 27.7 Å². The molecule has 0 saturated carbocycles. The highest BCUT2D eigenvalue weighted by Gasteiger charge is 2.20. The number of methoxy groups -OCH3 is 1. The maximum absolute atomic E-state index is 12.1. The van der Waals surface area contributed by atoms with E-state index in [1.165, 1.54) is 23.5 Å². The van der Waals surface area contributed by atoms with Gasteiger partial charge >= 0.3 is 0 Å². The average Bonchev–Trinajstić information content (AvgIpc) is 3.24. The number of ether oxygens (including phenoxy) is 1. The molecule has 0 aliphatic heterocycles. The fraction of sp³-hybridized carbons (Fsp3) is 0.125. The molecule has 0 saturated heterocycles. The molecule has 6 nitrogen and oxygen atoms in total. The molecule has 3 rings (SSSR count). The van der Waals surface area contributed by atoms with Crippen molar-refractivity contribution in [2.75, 3.05) is 7.11 Å². The van der Waals surface area contributed by atoms with Gasteiger partial charge in [0.2, 0.25) is 5.91 Å². The summed E-state index contributed by atoms with van der Waals surface area (Å²) in [6.45, 7) is 0. The van der Waals surface area contributed by atoms with E-state index in [4.69, 9.17) is 16.3 Å². The lowest BCUT2D eigenvalue weighted by Crippen LogP contribution is -2.31. The summed E-state index contributed by atoms with van der Waals surface area (Å²) in [6, 6.07) is 10.2.